The lowest BCUT2D eigenvalue weighted by Crippen LogP contribution is -2.47. The fourth-order valence-electron chi connectivity index (χ4n) is 3.98. The molecule has 11 nitrogen and oxygen atoms in total. The Balaban J connectivity index is 1.64. The summed E-state index contributed by atoms with van der Waals surface area (Å²) < 4.78 is 40.6. The Kier molecular flexibility index (Phi) is 6.97. The van der Waals surface area contributed by atoms with E-state index in [1.165, 1.54) is 17.2 Å². The van der Waals surface area contributed by atoms with Crippen LogP contribution in [0.2, 0.25) is 10.0 Å². The van der Waals surface area contributed by atoms with Crippen molar-refractivity contribution in [2.75, 3.05) is 36.0 Å². The number of nitro groups is 2. The van der Waals surface area contributed by atoms with Crippen LogP contribution in [0.3, 0.4) is 0 Å². The van der Waals surface area contributed by atoms with Gasteiger partial charge in [0, 0.05) is 43.3 Å². The van der Waals surface area contributed by atoms with Gasteiger partial charge in [-0.25, -0.2) is 0 Å². The summed E-state index contributed by atoms with van der Waals surface area (Å²) in [4.78, 5) is 36.7. The van der Waals surface area contributed by atoms with E-state index < -0.39 is 44.2 Å². The van der Waals surface area contributed by atoms with Gasteiger partial charge in [0.1, 0.15) is 5.02 Å². The van der Waals surface area contributed by atoms with Gasteiger partial charge in [0.05, 0.1) is 33.0 Å². The normalized spacial score (nSPS) is 14.1. The van der Waals surface area contributed by atoms with Crippen LogP contribution < -0.4 is 15.4 Å². The van der Waals surface area contributed by atoms with Crippen molar-refractivity contribution < 1.29 is 23.0 Å². The monoisotopic (exact) mass is 558 g/mol. The van der Waals surface area contributed by atoms with E-state index in [1.54, 1.807) is 23.1 Å². The molecule has 0 amide bonds. The number of anilines is 2. The largest absolute Gasteiger partial charge is 0.416 e. The second-order valence-electron chi connectivity index (χ2n) is 7.89. The van der Waals surface area contributed by atoms with Crippen LogP contribution in [0.5, 0.6) is 0 Å². The maximum Gasteiger partial charge on any atom is 0.416 e. The molecule has 2 aromatic carbocycles. The van der Waals surface area contributed by atoms with Crippen molar-refractivity contribution in [3.8, 4) is 5.69 Å². The highest BCUT2D eigenvalue weighted by molar-refractivity contribution is 6.33. The number of halogens is 5. The zero-order chi connectivity index (χ0) is 27.1. The molecule has 1 saturated heterocycles. The highest BCUT2D eigenvalue weighted by atomic mass is 35.5. The Labute approximate surface area is 215 Å². The van der Waals surface area contributed by atoms with E-state index in [0.29, 0.717) is 10.7 Å². The minimum atomic E-state index is -5.01. The lowest BCUT2D eigenvalue weighted by molar-refractivity contribution is -0.393. The molecule has 194 valence electrons. The smallest absolute Gasteiger partial charge is 0.365 e. The molecule has 0 spiro atoms. The lowest BCUT2D eigenvalue weighted by atomic mass is 10.1. The molecule has 1 fully saturated rings. The fraction of sp³-hybridized carbons (Fsp3) is 0.238. The maximum atomic E-state index is 13.2. The minimum absolute atomic E-state index is 0.0409. The molecular weight excluding hydrogens is 544 g/mol. The average Bonchev–Trinajstić information content (AvgIpc) is 2.84. The Bertz CT molecular complexity index is 1420. The van der Waals surface area contributed by atoms with E-state index in [1.807, 2.05) is 0 Å². The minimum Gasteiger partial charge on any atom is -0.365 e. The van der Waals surface area contributed by atoms with Crippen LogP contribution in [0, 0.1) is 20.2 Å². The van der Waals surface area contributed by atoms with Crippen molar-refractivity contribution in [1.29, 1.82) is 0 Å². The zero-order valence-corrected chi connectivity index (χ0v) is 20.0. The first-order valence-electron chi connectivity index (χ1n) is 10.5. The van der Waals surface area contributed by atoms with Crippen molar-refractivity contribution in [1.82, 2.24) is 9.78 Å². The van der Waals surface area contributed by atoms with Crippen LogP contribution in [0.4, 0.5) is 35.9 Å². The summed E-state index contributed by atoms with van der Waals surface area (Å²) in [5, 5.41) is 27.5. The molecule has 0 N–H and O–H groups in total. The van der Waals surface area contributed by atoms with Gasteiger partial charge in [0.2, 0.25) is 0 Å². The fourth-order valence-corrected chi connectivity index (χ4v) is 4.41. The molecular formula is C21H15Cl2F3N6O5. The second-order valence-corrected chi connectivity index (χ2v) is 8.70. The molecule has 0 saturated carbocycles. The number of alkyl halides is 3. The summed E-state index contributed by atoms with van der Waals surface area (Å²) in [5.74, 6) is 0. The van der Waals surface area contributed by atoms with Crippen molar-refractivity contribution in [3.05, 3.63) is 88.8 Å². The average molecular weight is 559 g/mol. The van der Waals surface area contributed by atoms with Crippen LogP contribution in [0.15, 0.2) is 47.4 Å². The number of rotatable bonds is 5. The summed E-state index contributed by atoms with van der Waals surface area (Å²) in [6.07, 6.45) is -3.66. The van der Waals surface area contributed by atoms with Crippen LogP contribution in [-0.2, 0) is 6.18 Å². The molecule has 16 heteroatoms. The van der Waals surface area contributed by atoms with Gasteiger partial charge in [-0.2, -0.15) is 23.0 Å². The Hall–Kier alpha value is -3.91. The molecule has 0 aliphatic carbocycles. The van der Waals surface area contributed by atoms with Gasteiger partial charge in [0.15, 0.2) is 5.69 Å². The van der Waals surface area contributed by atoms with Crippen molar-refractivity contribution >= 4 is 46.0 Å². The first-order chi connectivity index (χ1) is 17.4. The van der Waals surface area contributed by atoms with Crippen LogP contribution in [0.1, 0.15) is 5.56 Å². The molecule has 2 heterocycles. The van der Waals surface area contributed by atoms with E-state index in [2.05, 4.69) is 5.10 Å². The summed E-state index contributed by atoms with van der Waals surface area (Å²) in [6.45, 7) is 0.107. The Morgan fingerprint density at radius 3 is 2.00 bits per heavy atom. The van der Waals surface area contributed by atoms with Crippen LogP contribution in [0.25, 0.3) is 5.69 Å². The topological polar surface area (TPSA) is 128 Å². The Morgan fingerprint density at radius 1 is 0.919 bits per heavy atom. The molecule has 1 aliphatic rings. The van der Waals surface area contributed by atoms with Crippen molar-refractivity contribution in [2.24, 2.45) is 0 Å². The van der Waals surface area contributed by atoms with Crippen molar-refractivity contribution in [3.63, 3.8) is 0 Å². The number of hydrogen-bond acceptors (Lipinski definition) is 8. The molecule has 0 bridgehead atoms. The zero-order valence-electron chi connectivity index (χ0n) is 18.5. The number of piperazine rings is 1. The quantitative estimate of drug-likeness (QED) is 0.325. The van der Waals surface area contributed by atoms with Gasteiger partial charge in [0.25, 0.3) is 16.9 Å². The highest BCUT2D eigenvalue weighted by Gasteiger charge is 2.40. The van der Waals surface area contributed by atoms with E-state index in [-0.39, 0.29) is 49.0 Å². The van der Waals surface area contributed by atoms with Gasteiger partial charge < -0.3 is 9.80 Å². The second kappa shape index (κ2) is 9.86. The first-order valence-corrected chi connectivity index (χ1v) is 11.2. The van der Waals surface area contributed by atoms with Gasteiger partial charge in [-0.05, 0) is 18.2 Å². The molecule has 0 atom stereocenters. The number of benzene rings is 2. The van der Waals surface area contributed by atoms with E-state index >= 15 is 0 Å². The molecule has 3 aromatic rings. The van der Waals surface area contributed by atoms with Crippen LogP contribution in [-0.4, -0.2) is 45.8 Å². The lowest BCUT2D eigenvalue weighted by Gasteiger charge is -2.36. The predicted octanol–water partition coefficient (Wildman–Crippen LogP) is 4.70. The molecule has 1 aromatic heterocycles. The van der Waals surface area contributed by atoms with Gasteiger partial charge in [-0.3, -0.25) is 25.0 Å². The summed E-state index contributed by atoms with van der Waals surface area (Å²) >= 11 is 12.3. The highest BCUT2D eigenvalue weighted by Crippen LogP contribution is 2.43. The third-order valence-corrected chi connectivity index (χ3v) is 6.27. The molecule has 4 rings (SSSR count). The first kappa shape index (κ1) is 26.2. The van der Waals surface area contributed by atoms with Gasteiger partial charge in [-0.15, -0.1) is 0 Å². The van der Waals surface area contributed by atoms with Crippen molar-refractivity contribution in [2.45, 2.75) is 6.18 Å². The number of aromatic nitrogens is 2. The van der Waals surface area contributed by atoms with Gasteiger partial charge in [-0.1, -0.05) is 29.3 Å². The third kappa shape index (κ3) is 5.15. The maximum absolute atomic E-state index is 13.2. The number of nitrogens with zero attached hydrogens (tertiary/aromatic N) is 6. The standard InChI is InChI=1S/C21H15Cl2F3N6O5/c22-13-2-1-3-14(10-13)30-20(33)18(23)17(11-27-30)28-4-6-29(7-5-28)19-15(31(34)35)8-12(21(24,25)26)9-16(19)32(36)37/h1-3,8-11H,4-7H2. The molecule has 0 unspecified atom stereocenters. The van der Waals surface area contributed by atoms with Crippen LogP contribution >= 0.6 is 23.2 Å². The number of hydrogen-bond donors (Lipinski definition) is 0. The summed E-state index contributed by atoms with van der Waals surface area (Å²) in [6, 6.07) is 6.95. The summed E-state index contributed by atoms with van der Waals surface area (Å²) in [7, 11) is 0. The predicted molar refractivity (Wildman–Crippen MR) is 129 cm³/mol. The molecule has 0 radical (unpaired) electrons. The SMILES string of the molecule is O=c1c(Cl)c(N2CCN(c3c([N+](=O)[O-])cc(C(F)(F)F)cc3[N+](=O)[O-])CC2)cnn1-c1cccc(Cl)c1. The van der Waals surface area contributed by atoms with Gasteiger partial charge >= 0.3 is 6.18 Å². The Morgan fingerprint density at radius 2 is 1.49 bits per heavy atom. The van der Waals surface area contributed by atoms with E-state index in [0.717, 1.165) is 4.68 Å². The molecule has 37 heavy (non-hydrogen) atoms. The third-order valence-electron chi connectivity index (χ3n) is 5.68. The van der Waals surface area contributed by atoms with E-state index in [4.69, 9.17) is 23.2 Å². The number of nitro benzene ring substituents is 2. The van der Waals surface area contributed by atoms with E-state index in [9.17, 15) is 38.2 Å². The molecule has 1 aliphatic heterocycles. The summed E-state index contributed by atoms with van der Waals surface area (Å²) in [5.41, 5.74) is -4.05.